The second kappa shape index (κ2) is 4.57. The van der Waals surface area contributed by atoms with Crippen molar-refractivity contribution in [3.8, 4) is 0 Å². The molecule has 3 nitrogen and oxygen atoms in total. The molecule has 0 aromatic heterocycles. The highest BCUT2D eigenvalue weighted by atomic mass is 79.9. The Balaban J connectivity index is 1.92. The van der Waals surface area contributed by atoms with Crippen LogP contribution in [0.15, 0.2) is 22.7 Å². The molecule has 18 heavy (non-hydrogen) atoms. The molecule has 1 heterocycles. The minimum atomic E-state index is -0.838. The third-order valence-corrected chi connectivity index (χ3v) is 4.75. The Kier molecular flexibility index (Phi) is 3.06. The van der Waals surface area contributed by atoms with Crippen LogP contribution in [0.2, 0.25) is 0 Å². The van der Waals surface area contributed by atoms with Crippen molar-refractivity contribution in [1.82, 2.24) is 0 Å². The van der Waals surface area contributed by atoms with Gasteiger partial charge in [-0.2, -0.15) is 0 Å². The van der Waals surface area contributed by atoms with Crippen molar-refractivity contribution in [3.05, 3.63) is 28.2 Å². The summed E-state index contributed by atoms with van der Waals surface area (Å²) in [6.45, 7) is 2.03. The number of carboxylic acid groups (broad SMARTS) is 1. The van der Waals surface area contributed by atoms with Crippen molar-refractivity contribution in [1.29, 1.82) is 0 Å². The zero-order valence-electron chi connectivity index (χ0n) is 10.1. The van der Waals surface area contributed by atoms with Gasteiger partial charge in [-0.25, -0.2) is 4.79 Å². The van der Waals surface area contributed by atoms with E-state index in [1.807, 2.05) is 6.07 Å². The van der Waals surface area contributed by atoms with Gasteiger partial charge in [-0.1, -0.05) is 22.4 Å². The fraction of sp³-hybridized carbons (Fsp3) is 0.500. The van der Waals surface area contributed by atoms with Gasteiger partial charge < -0.3 is 10.0 Å². The van der Waals surface area contributed by atoms with E-state index < -0.39 is 5.97 Å². The summed E-state index contributed by atoms with van der Waals surface area (Å²) in [6.07, 6.45) is 3.95. The lowest BCUT2D eigenvalue weighted by atomic mass is 10.0. The lowest BCUT2D eigenvalue weighted by Crippen LogP contribution is -2.23. The van der Waals surface area contributed by atoms with Crippen LogP contribution in [0.25, 0.3) is 0 Å². The van der Waals surface area contributed by atoms with Gasteiger partial charge in [-0.15, -0.1) is 0 Å². The molecule has 1 aromatic rings. The maximum Gasteiger partial charge on any atom is 0.337 e. The zero-order chi connectivity index (χ0) is 12.7. The summed E-state index contributed by atoms with van der Waals surface area (Å²) in [5, 5.41) is 9.28. The number of anilines is 1. The molecule has 1 aromatic carbocycles. The van der Waals surface area contributed by atoms with E-state index in [1.165, 1.54) is 19.3 Å². The van der Waals surface area contributed by atoms with Crippen LogP contribution in [0.3, 0.4) is 0 Å². The number of carboxylic acids is 1. The van der Waals surface area contributed by atoms with E-state index in [1.54, 1.807) is 12.1 Å². The second-order valence-corrected chi connectivity index (χ2v) is 6.24. The van der Waals surface area contributed by atoms with E-state index in [0.717, 1.165) is 35.1 Å². The first kappa shape index (κ1) is 12.0. The van der Waals surface area contributed by atoms with E-state index in [4.69, 9.17) is 0 Å². The van der Waals surface area contributed by atoms with E-state index in [9.17, 15) is 9.90 Å². The first-order chi connectivity index (χ1) is 8.65. The molecule has 0 spiro atoms. The van der Waals surface area contributed by atoms with E-state index in [-0.39, 0.29) is 0 Å². The molecule has 2 aliphatic rings. The molecule has 2 atom stereocenters. The maximum atomic E-state index is 11.3. The number of aromatic carboxylic acids is 1. The van der Waals surface area contributed by atoms with E-state index >= 15 is 0 Å². The molecular formula is C14H16BrNO2. The largest absolute Gasteiger partial charge is 0.478 e. The van der Waals surface area contributed by atoms with Crippen molar-refractivity contribution >= 4 is 27.6 Å². The van der Waals surface area contributed by atoms with Crippen LogP contribution in [0, 0.1) is 11.8 Å². The fourth-order valence-corrected chi connectivity index (χ4v) is 3.73. The molecule has 1 N–H and O–H groups in total. The van der Waals surface area contributed by atoms with Crippen LogP contribution in [0.5, 0.6) is 0 Å². The topological polar surface area (TPSA) is 40.5 Å². The average molecular weight is 310 g/mol. The minimum Gasteiger partial charge on any atom is -0.478 e. The first-order valence-electron chi connectivity index (χ1n) is 6.43. The van der Waals surface area contributed by atoms with Crippen molar-refractivity contribution in [2.75, 3.05) is 18.0 Å². The number of fused-ring (bicyclic) bond motifs is 1. The number of carbonyl (C=O) groups is 1. The van der Waals surface area contributed by atoms with Crippen LogP contribution >= 0.6 is 15.9 Å². The quantitative estimate of drug-likeness (QED) is 0.910. The van der Waals surface area contributed by atoms with Crippen molar-refractivity contribution in [2.45, 2.75) is 19.3 Å². The molecule has 1 saturated carbocycles. The molecule has 2 unspecified atom stereocenters. The maximum absolute atomic E-state index is 11.3. The van der Waals surface area contributed by atoms with Gasteiger partial charge >= 0.3 is 5.97 Å². The molecule has 0 bridgehead atoms. The Bertz CT molecular complexity index is 477. The molecular weight excluding hydrogens is 294 g/mol. The van der Waals surface area contributed by atoms with Crippen LogP contribution in [-0.4, -0.2) is 24.2 Å². The summed E-state index contributed by atoms with van der Waals surface area (Å²) in [7, 11) is 0. The summed E-state index contributed by atoms with van der Waals surface area (Å²) in [5.74, 6) is 0.700. The van der Waals surface area contributed by atoms with Gasteiger partial charge in [0.05, 0.1) is 11.3 Å². The highest BCUT2D eigenvalue weighted by Crippen LogP contribution is 2.40. The molecule has 1 aliphatic heterocycles. The number of hydrogen-bond acceptors (Lipinski definition) is 2. The number of nitrogens with zero attached hydrogens (tertiary/aromatic N) is 1. The summed E-state index contributed by atoms with van der Waals surface area (Å²) in [6, 6.07) is 5.42. The predicted molar refractivity (Wildman–Crippen MR) is 74.1 cm³/mol. The standard InChI is InChI=1S/C14H16BrNO2/c15-11-4-5-12(14(17)18)13(6-11)16-7-9-2-1-3-10(9)8-16/h4-6,9-10H,1-3,7-8H2,(H,17,18). The lowest BCUT2D eigenvalue weighted by molar-refractivity contribution is 0.0697. The molecule has 1 aliphatic carbocycles. The highest BCUT2D eigenvalue weighted by Gasteiger charge is 2.37. The Morgan fingerprint density at radius 3 is 2.56 bits per heavy atom. The Morgan fingerprint density at radius 1 is 1.28 bits per heavy atom. The summed E-state index contributed by atoms with van der Waals surface area (Å²) in [4.78, 5) is 13.5. The van der Waals surface area contributed by atoms with Crippen LogP contribution < -0.4 is 4.90 Å². The fourth-order valence-electron chi connectivity index (χ4n) is 3.38. The number of hydrogen-bond donors (Lipinski definition) is 1. The normalized spacial score (nSPS) is 26.4. The van der Waals surface area contributed by atoms with Gasteiger partial charge in [0.15, 0.2) is 0 Å². The zero-order valence-corrected chi connectivity index (χ0v) is 11.7. The van der Waals surface area contributed by atoms with Crippen LogP contribution in [0.4, 0.5) is 5.69 Å². The number of halogens is 1. The Hall–Kier alpha value is -1.03. The summed E-state index contributed by atoms with van der Waals surface area (Å²) >= 11 is 3.43. The first-order valence-corrected chi connectivity index (χ1v) is 7.22. The van der Waals surface area contributed by atoms with Gasteiger partial charge in [0.25, 0.3) is 0 Å². The third-order valence-electron chi connectivity index (χ3n) is 4.26. The monoisotopic (exact) mass is 309 g/mol. The SMILES string of the molecule is O=C(O)c1ccc(Br)cc1N1CC2CCCC2C1. The molecule has 4 heteroatoms. The van der Waals surface area contributed by atoms with E-state index in [0.29, 0.717) is 5.56 Å². The summed E-state index contributed by atoms with van der Waals surface area (Å²) in [5.41, 5.74) is 1.28. The van der Waals surface area contributed by atoms with Crippen molar-refractivity contribution in [3.63, 3.8) is 0 Å². The lowest BCUT2D eigenvalue weighted by Gasteiger charge is -2.21. The Labute approximate surface area is 115 Å². The minimum absolute atomic E-state index is 0.415. The third kappa shape index (κ3) is 2.03. The van der Waals surface area contributed by atoms with Gasteiger partial charge in [-0.3, -0.25) is 0 Å². The van der Waals surface area contributed by atoms with Crippen LogP contribution in [0.1, 0.15) is 29.6 Å². The Morgan fingerprint density at radius 2 is 1.94 bits per heavy atom. The number of rotatable bonds is 2. The molecule has 3 rings (SSSR count). The van der Waals surface area contributed by atoms with Gasteiger partial charge in [0, 0.05) is 17.6 Å². The van der Waals surface area contributed by atoms with Gasteiger partial charge in [0.1, 0.15) is 0 Å². The molecule has 0 amide bonds. The molecule has 2 fully saturated rings. The average Bonchev–Trinajstić information content (AvgIpc) is 2.88. The molecule has 0 radical (unpaired) electrons. The van der Waals surface area contributed by atoms with E-state index in [2.05, 4.69) is 20.8 Å². The van der Waals surface area contributed by atoms with Gasteiger partial charge in [0.2, 0.25) is 0 Å². The second-order valence-electron chi connectivity index (χ2n) is 5.32. The molecule has 1 saturated heterocycles. The predicted octanol–water partition coefficient (Wildman–Crippen LogP) is 3.38. The van der Waals surface area contributed by atoms with Crippen molar-refractivity contribution < 1.29 is 9.90 Å². The smallest absolute Gasteiger partial charge is 0.337 e. The molecule has 96 valence electrons. The van der Waals surface area contributed by atoms with Gasteiger partial charge in [-0.05, 0) is 42.9 Å². The summed E-state index contributed by atoms with van der Waals surface area (Å²) < 4.78 is 0.944. The highest BCUT2D eigenvalue weighted by molar-refractivity contribution is 9.10. The van der Waals surface area contributed by atoms with Crippen LogP contribution in [-0.2, 0) is 0 Å². The van der Waals surface area contributed by atoms with Crippen molar-refractivity contribution in [2.24, 2.45) is 11.8 Å². The number of benzene rings is 1.